The number of halogens is 3. The van der Waals surface area contributed by atoms with Gasteiger partial charge in [0.25, 0.3) is 0 Å². The molecule has 1 saturated heterocycles. The number of nitrogens with zero attached hydrogens (tertiary/aromatic N) is 1. The molecule has 148 valence electrons. The monoisotopic (exact) mass is 390 g/mol. The number of aliphatic hydroxyl groups is 1. The van der Waals surface area contributed by atoms with Gasteiger partial charge in [0.05, 0.1) is 11.2 Å². The molecule has 1 aliphatic heterocycles. The molecular weight excluding hydrogens is 369 g/mol. The number of urea groups is 1. The number of benzene rings is 2. The number of carbonyl (C=O) groups is 1. The van der Waals surface area contributed by atoms with E-state index in [1.165, 1.54) is 12.1 Å². The lowest BCUT2D eigenvalue weighted by Gasteiger charge is -2.26. The number of hydrogen-bond donors (Lipinski definition) is 2. The lowest BCUT2D eigenvalue weighted by Crippen LogP contribution is -2.35. The summed E-state index contributed by atoms with van der Waals surface area (Å²) in [4.78, 5) is 14.1. The van der Waals surface area contributed by atoms with E-state index in [0.29, 0.717) is 25.9 Å². The summed E-state index contributed by atoms with van der Waals surface area (Å²) < 4.78 is 38.5. The predicted octanol–water partition coefficient (Wildman–Crippen LogP) is 4.47. The second kappa shape index (κ2) is 6.81. The van der Waals surface area contributed by atoms with E-state index < -0.39 is 23.4 Å². The first-order chi connectivity index (χ1) is 13.2. The van der Waals surface area contributed by atoms with Crippen molar-refractivity contribution in [3.63, 3.8) is 0 Å². The van der Waals surface area contributed by atoms with Gasteiger partial charge in [-0.2, -0.15) is 13.2 Å². The van der Waals surface area contributed by atoms with Crippen molar-refractivity contribution in [3.8, 4) is 0 Å². The van der Waals surface area contributed by atoms with Crippen molar-refractivity contribution in [3.05, 3.63) is 65.7 Å². The Morgan fingerprint density at radius 1 is 1.04 bits per heavy atom. The highest BCUT2D eigenvalue weighted by atomic mass is 19.4. The standard InChI is InChI=1S/C21H21F3N2O2/c22-21(23,24)17-7-4-8-18(9-17)25-19(27)26-12-14-10-20(28,11-15(14)13-26)16-5-2-1-3-6-16/h1-9,14-15,28H,10-13H2,(H,25,27). The van der Waals surface area contributed by atoms with Crippen LogP contribution in [0, 0.1) is 11.8 Å². The summed E-state index contributed by atoms with van der Waals surface area (Å²) in [6.45, 7) is 0.981. The third kappa shape index (κ3) is 3.58. The van der Waals surface area contributed by atoms with Gasteiger partial charge in [-0.05, 0) is 48.4 Å². The Morgan fingerprint density at radius 2 is 1.68 bits per heavy atom. The van der Waals surface area contributed by atoms with Crippen LogP contribution in [-0.2, 0) is 11.8 Å². The molecule has 2 unspecified atom stereocenters. The molecule has 4 nitrogen and oxygen atoms in total. The van der Waals surface area contributed by atoms with Crippen molar-refractivity contribution in [1.82, 2.24) is 4.90 Å². The summed E-state index contributed by atoms with van der Waals surface area (Å²) in [7, 11) is 0. The predicted molar refractivity (Wildman–Crippen MR) is 98.6 cm³/mol. The number of alkyl halides is 3. The van der Waals surface area contributed by atoms with Gasteiger partial charge in [0.15, 0.2) is 0 Å². The van der Waals surface area contributed by atoms with Gasteiger partial charge in [-0.25, -0.2) is 4.79 Å². The van der Waals surface area contributed by atoms with E-state index in [4.69, 9.17) is 0 Å². The first-order valence-electron chi connectivity index (χ1n) is 9.26. The molecular formula is C21H21F3N2O2. The van der Waals surface area contributed by atoms with Crippen LogP contribution in [0.1, 0.15) is 24.0 Å². The molecule has 28 heavy (non-hydrogen) atoms. The van der Waals surface area contributed by atoms with Crippen LogP contribution in [0.5, 0.6) is 0 Å². The zero-order valence-corrected chi connectivity index (χ0v) is 15.1. The van der Waals surface area contributed by atoms with Gasteiger partial charge in [-0.1, -0.05) is 36.4 Å². The number of carbonyl (C=O) groups excluding carboxylic acids is 1. The molecule has 4 rings (SSSR count). The van der Waals surface area contributed by atoms with Gasteiger partial charge < -0.3 is 15.3 Å². The van der Waals surface area contributed by atoms with Gasteiger partial charge in [0.2, 0.25) is 0 Å². The molecule has 1 heterocycles. The fourth-order valence-electron chi connectivity index (χ4n) is 4.48. The van der Waals surface area contributed by atoms with Gasteiger partial charge in [0, 0.05) is 18.8 Å². The maximum absolute atomic E-state index is 12.8. The number of nitrogens with one attached hydrogen (secondary N) is 1. The Morgan fingerprint density at radius 3 is 2.29 bits per heavy atom. The van der Waals surface area contributed by atoms with Gasteiger partial charge in [0.1, 0.15) is 0 Å². The molecule has 0 radical (unpaired) electrons. The van der Waals surface area contributed by atoms with Crippen molar-refractivity contribution >= 4 is 11.7 Å². The molecule has 2 aromatic carbocycles. The van der Waals surface area contributed by atoms with E-state index in [1.807, 2.05) is 30.3 Å². The lowest BCUT2D eigenvalue weighted by molar-refractivity contribution is -0.137. The third-order valence-electron chi connectivity index (χ3n) is 5.82. The van der Waals surface area contributed by atoms with Crippen LogP contribution in [0.3, 0.4) is 0 Å². The molecule has 0 bridgehead atoms. The number of rotatable bonds is 2. The minimum Gasteiger partial charge on any atom is -0.385 e. The average Bonchev–Trinajstić information content (AvgIpc) is 3.18. The Bertz CT molecular complexity index is 855. The van der Waals surface area contributed by atoms with Gasteiger partial charge in [-0.15, -0.1) is 0 Å². The number of likely N-dealkylation sites (tertiary alicyclic amines) is 1. The van der Waals surface area contributed by atoms with Crippen LogP contribution in [0.2, 0.25) is 0 Å². The van der Waals surface area contributed by atoms with Crippen LogP contribution in [0.4, 0.5) is 23.7 Å². The maximum atomic E-state index is 12.8. The summed E-state index contributed by atoms with van der Waals surface area (Å²) in [6.07, 6.45) is -3.29. The molecule has 0 spiro atoms. The molecule has 7 heteroatoms. The number of fused-ring (bicyclic) bond motifs is 1. The minimum atomic E-state index is -4.45. The van der Waals surface area contributed by atoms with Crippen LogP contribution in [-0.4, -0.2) is 29.1 Å². The smallest absolute Gasteiger partial charge is 0.385 e. The quantitative estimate of drug-likeness (QED) is 0.795. The van der Waals surface area contributed by atoms with Crippen molar-refractivity contribution in [2.45, 2.75) is 24.6 Å². The van der Waals surface area contributed by atoms with Crippen LogP contribution in [0.15, 0.2) is 54.6 Å². The largest absolute Gasteiger partial charge is 0.416 e. The Labute approximate surface area is 161 Å². The minimum absolute atomic E-state index is 0.123. The second-order valence-electron chi connectivity index (χ2n) is 7.74. The topological polar surface area (TPSA) is 52.6 Å². The van der Waals surface area contributed by atoms with Crippen molar-refractivity contribution < 1.29 is 23.1 Å². The SMILES string of the molecule is O=C(Nc1cccc(C(F)(F)F)c1)N1CC2CC(O)(c3ccccc3)CC2C1. The van der Waals surface area contributed by atoms with Crippen molar-refractivity contribution in [1.29, 1.82) is 0 Å². The third-order valence-corrected chi connectivity index (χ3v) is 5.82. The van der Waals surface area contributed by atoms with Crippen LogP contribution >= 0.6 is 0 Å². The second-order valence-corrected chi connectivity index (χ2v) is 7.74. The summed E-state index contributed by atoms with van der Waals surface area (Å²) in [5.41, 5.74) is -0.654. The van der Waals surface area contributed by atoms with E-state index in [9.17, 15) is 23.1 Å². The first kappa shape index (κ1) is 18.8. The van der Waals surface area contributed by atoms with Crippen LogP contribution in [0.25, 0.3) is 0 Å². The highest BCUT2D eigenvalue weighted by Gasteiger charge is 2.49. The van der Waals surface area contributed by atoms with E-state index in [2.05, 4.69) is 5.32 Å². The van der Waals surface area contributed by atoms with Gasteiger partial charge in [-0.3, -0.25) is 0 Å². The summed E-state index contributed by atoms with van der Waals surface area (Å²) >= 11 is 0. The number of amides is 2. The van der Waals surface area contributed by atoms with E-state index >= 15 is 0 Å². The molecule has 2 atom stereocenters. The first-order valence-corrected chi connectivity index (χ1v) is 9.26. The van der Waals surface area contributed by atoms with Crippen LogP contribution < -0.4 is 5.32 Å². The van der Waals surface area contributed by atoms with Crippen molar-refractivity contribution in [2.24, 2.45) is 11.8 Å². The summed E-state index contributed by atoms with van der Waals surface area (Å²) in [5.74, 6) is 0.356. The van der Waals surface area contributed by atoms with Gasteiger partial charge >= 0.3 is 12.2 Å². The number of hydrogen-bond acceptors (Lipinski definition) is 2. The normalized spacial score (nSPS) is 26.9. The van der Waals surface area contributed by atoms with E-state index in [0.717, 1.165) is 17.7 Å². The molecule has 2 N–H and O–H groups in total. The molecule has 2 aliphatic rings. The number of anilines is 1. The molecule has 2 amide bonds. The van der Waals surface area contributed by atoms with E-state index in [1.54, 1.807) is 4.90 Å². The zero-order valence-electron chi connectivity index (χ0n) is 15.1. The van der Waals surface area contributed by atoms with E-state index in [-0.39, 0.29) is 17.5 Å². The Hall–Kier alpha value is -2.54. The molecule has 1 aliphatic carbocycles. The zero-order chi connectivity index (χ0) is 19.9. The molecule has 0 aromatic heterocycles. The Kier molecular flexibility index (Phi) is 4.57. The molecule has 2 aromatic rings. The summed E-state index contributed by atoms with van der Waals surface area (Å²) in [6, 6.07) is 13.8. The fourth-order valence-corrected chi connectivity index (χ4v) is 4.48. The fraction of sp³-hybridized carbons (Fsp3) is 0.381. The maximum Gasteiger partial charge on any atom is 0.416 e. The Balaban J connectivity index is 1.39. The van der Waals surface area contributed by atoms with Crippen molar-refractivity contribution in [2.75, 3.05) is 18.4 Å². The molecule has 2 fully saturated rings. The highest BCUT2D eigenvalue weighted by Crippen LogP contribution is 2.49. The summed E-state index contributed by atoms with van der Waals surface area (Å²) in [5, 5.41) is 13.6. The average molecular weight is 390 g/mol. The highest BCUT2D eigenvalue weighted by molar-refractivity contribution is 5.89. The lowest BCUT2D eigenvalue weighted by atomic mass is 9.90. The molecule has 1 saturated carbocycles.